The molecule has 1 amide bonds. The first-order chi connectivity index (χ1) is 14.1. The minimum absolute atomic E-state index is 0.0721. The van der Waals surface area contributed by atoms with Crippen LogP contribution in [0.1, 0.15) is 30.9 Å². The van der Waals surface area contributed by atoms with Gasteiger partial charge in [-0.1, -0.05) is 18.2 Å². The molecular formula is C22H26F2N4O. The number of rotatable bonds is 7. The third-order valence-electron chi connectivity index (χ3n) is 4.81. The van der Waals surface area contributed by atoms with Crippen LogP contribution in [0.3, 0.4) is 0 Å². The molecule has 1 saturated heterocycles. The van der Waals surface area contributed by atoms with E-state index in [1.165, 1.54) is 18.2 Å². The van der Waals surface area contributed by atoms with E-state index in [-0.39, 0.29) is 17.9 Å². The molecule has 5 nitrogen and oxygen atoms in total. The van der Waals surface area contributed by atoms with Crippen molar-refractivity contribution in [3.8, 4) is 0 Å². The van der Waals surface area contributed by atoms with Crippen LogP contribution in [0.4, 0.5) is 14.5 Å². The van der Waals surface area contributed by atoms with Crippen LogP contribution >= 0.6 is 0 Å². The van der Waals surface area contributed by atoms with Gasteiger partial charge in [-0.25, -0.2) is 13.8 Å². The predicted molar refractivity (Wildman–Crippen MR) is 111 cm³/mol. The number of anilines is 1. The molecular weight excluding hydrogens is 374 g/mol. The van der Waals surface area contributed by atoms with Crippen LogP contribution in [-0.4, -0.2) is 31.5 Å². The van der Waals surface area contributed by atoms with Gasteiger partial charge in [0, 0.05) is 37.3 Å². The van der Waals surface area contributed by atoms with E-state index in [1.54, 1.807) is 4.90 Å². The SMILES string of the molecule is CCNC(=NCc1ccc(N2CCCC2=O)cc1)NCCc1c(F)cccc1F. The Labute approximate surface area is 169 Å². The quantitative estimate of drug-likeness (QED) is 0.553. The highest BCUT2D eigenvalue weighted by Gasteiger charge is 2.21. The van der Waals surface area contributed by atoms with E-state index in [0.717, 1.165) is 24.2 Å². The van der Waals surface area contributed by atoms with Gasteiger partial charge in [-0.2, -0.15) is 0 Å². The second-order valence-electron chi connectivity index (χ2n) is 6.89. The Hall–Kier alpha value is -2.96. The molecule has 0 aromatic heterocycles. The maximum atomic E-state index is 13.7. The number of nitrogens with zero attached hydrogens (tertiary/aromatic N) is 2. The van der Waals surface area contributed by atoms with Crippen LogP contribution in [0, 0.1) is 11.6 Å². The molecule has 1 aliphatic rings. The summed E-state index contributed by atoms with van der Waals surface area (Å²) >= 11 is 0. The Kier molecular flexibility index (Phi) is 7.16. The van der Waals surface area contributed by atoms with E-state index in [0.29, 0.717) is 32.0 Å². The van der Waals surface area contributed by atoms with E-state index in [2.05, 4.69) is 15.6 Å². The van der Waals surface area contributed by atoms with Crippen molar-refractivity contribution in [3.05, 3.63) is 65.2 Å². The number of benzene rings is 2. The summed E-state index contributed by atoms with van der Waals surface area (Å²) < 4.78 is 27.4. The van der Waals surface area contributed by atoms with E-state index in [4.69, 9.17) is 0 Å². The van der Waals surface area contributed by atoms with Gasteiger partial charge < -0.3 is 15.5 Å². The molecule has 1 aliphatic heterocycles. The fourth-order valence-corrected chi connectivity index (χ4v) is 3.29. The number of amides is 1. The smallest absolute Gasteiger partial charge is 0.227 e. The van der Waals surface area contributed by atoms with Crippen LogP contribution in [0.2, 0.25) is 0 Å². The minimum Gasteiger partial charge on any atom is -0.357 e. The Balaban J connectivity index is 1.56. The van der Waals surface area contributed by atoms with Gasteiger partial charge in [0.1, 0.15) is 11.6 Å². The number of carbonyl (C=O) groups excluding carboxylic acids is 1. The van der Waals surface area contributed by atoms with Gasteiger partial charge in [-0.3, -0.25) is 4.79 Å². The molecule has 2 aromatic rings. The summed E-state index contributed by atoms with van der Waals surface area (Å²) in [5.74, 6) is -0.320. The highest BCUT2D eigenvalue weighted by molar-refractivity contribution is 5.95. The lowest BCUT2D eigenvalue weighted by atomic mass is 10.1. The summed E-state index contributed by atoms with van der Waals surface area (Å²) in [7, 11) is 0. The maximum Gasteiger partial charge on any atom is 0.227 e. The Morgan fingerprint density at radius 2 is 1.83 bits per heavy atom. The topological polar surface area (TPSA) is 56.7 Å². The molecule has 7 heteroatoms. The van der Waals surface area contributed by atoms with E-state index in [1.807, 2.05) is 31.2 Å². The third-order valence-corrected chi connectivity index (χ3v) is 4.81. The van der Waals surface area contributed by atoms with Crippen molar-refractivity contribution in [1.82, 2.24) is 10.6 Å². The number of halogens is 2. The van der Waals surface area contributed by atoms with Gasteiger partial charge in [0.2, 0.25) is 5.91 Å². The lowest BCUT2D eigenvalue weighted by molar-refractivity contribution is -0.117. The summed E-state index contributed by atoms with van der Waals surface area (Å²) in [5, 5.41) is 6.24. The van der Waals surface area contributed by atoms with Gasteiger partial charge in [0.25, 0.3) is 0 Å². The number of hydrogen-bond acceptors (Lipinski definition) is 2. The van der Waals surface area contributed by atoms with Gasteiger partial charge in [0.05, 0.1) is 6.54 Å². The highest BCUT2D eigenvalue weighted by atomic mass is 19.1. The average Bonchev–Trinajstić information content (AvgIpc) is 3.14. The maximum absolute atomic E-state index is 13.7. The summed E-state index contributed by atoms with van der Waals surface area (Å²) in [5.41, 5.74) is 2.00. The molecule has 29 heavy (non-hydrogen) atoms. The lowest BCUT2D eigenvalue weighted by Gasteiger charge is -2.16. The normalized spacial score (nSPS) is 14.4. The van der Waals surface area contributed by atoms with Crippen molar-refractivity contribution >= 4 is 17.6 Å². The zero-order valence-corrected chi connectivity index (χ0v) is 16.5. The molecule has 2 aromatic carbocycles. The number of carbonyl (C=O) groups is 1. The van der Waals surface area contributed by atoms with Crippen LogP contribution in [0.5, 0.6) is 0 Å². The summed E-state index contributed by atoms with van der Waals surface area (Å²) in [6.45, 7) is 4.22. The minimum atomic E-state index is -0.537. The average molecular weight is 400 g/mol. The summed E-state index contributed by atoms with van der Waals surface area (Å²) in [6.07, 6.45) is 1.74. The van der Waals surface area contributed by atoms with Gasteiger partial charge in [0.15, 0.2) is 5.96 Å². The number of aliphatic imine (C=N–C) groups is 1. The van der Waals surface area contributed by atoms with Crippen LogP contribution in [-0.2, 0) is 17.8 Å². The van der Waals surface area contributed by atoms with Crippen molar-refractivity contribution in [2.24, 2.45) is 4.99 Å². The molecule has 154 valence electrons. The Bertz CT molecular complexity index is 847. The molecule has 1 fully saturated rings. The summed E-state index contributed by atoms with van der Waals surface area (Å²) in [6, 6.07) is 11.7. The molecule has 3 rings (SSSR count). The van der Waals surface area contributed by atoms with Crippen LogP contribution in [0.25, 0.3) is 0 Å². The van der Waals surface area contributed by atoms with Crippen molar-refractivity contribution in [1.29, 1.82) is 0 Å². The molecule has 0 bridgehead atoms. The van der Waals surface area contributed by atoms with E-state index in [9.17, 15) is 13.6 Å². The van der Waals surface area contributed by atoms with Crippen LogP contribution < -0.4 is 15.5 Å². The largest absolute Gasteiger partial charge is 0.357 e. The van der Waals surface area contributed by atoms with Crippen molar-refractivity contribution < 1.29 is 13.6 Å². The molecule has 0 atom stereocenters. The monoisotopic (exact) mass is 400 g/mol. The van der Waals surface area contributed by atoms with Crippen LogP contribution in [0.15, 0.2) is 47.5 Å². The van der Waals surface area contributed by atoms with Gasteiger partial charge >= 0.3 is 0 Å². The second-order valence-corrected chi connectivity index (χ2v) is 6.89. The molecule has 0 unspecified atom stereocenters. The lowest BCUT2D eigenvalue weighted by Crippen LogP contribution is -2.38. The fraction of sp³-hybridized carbons (Fsp3) is 0.364. The first kappa shape index (κ1) is 20.8. The first-order valence-corrected chi connectivity index (χ1v) is 9.93. The standard InChI is InChI=1S/C22H26F2N4O/c1-2-25-22(26-13-12-18-19(23)5-3-6-20(18)24)27-15-16-8-10-17(11-9-16)28-14-4-7-21(28)29/h3,5-6,8-11H,2,4,7,12-15H2,1H3,(H2,25,26,27). The predicted octanol–water partition coefficient (Wildman–Crippen LogP) is 3.39. The third kappa shape index (κ3) is 5.53. The van der Waals surface area contributed by atoms with Gasteiger partial charge in [-0.05, 0) is 49.6 Å². The first-order valence-electron chi connectivity index (χ1n) is 9.93. The number of guanidine groups is 1. The van der Waals surface area contributed by atoms with E-state index >= 15 is 0 Å². The zero-order chi connectivity index (χ0) is 20.6. The number of hydrogen-bond donors (Lipinski definition) is 2. The molecule has 0 saturated carbocycles. The van der Waals surface area contributed by atoms with E-state index < -0.39 is 11.6 Å². The molecule has 0 aliphatic carbocycles. The molecule has 0 spiro atoms. The van der Waals surface area contributed by atoms with Crippen molar-refractivity contribution in [2.45, 2.75) is 32.7 Å². The highest BCUT2D eigenvalue weighted by Crippen LogP contribution is 2.21. The van der Waals surface area contributed by atoms with Crippen molar-refractivity contribution in [2.75, 3.05) is 24.5 Å². The molecule has 1 heterocycles. The molecule has 2 N–H and O–H groups in total. The molecule has 0 radical (unpaired) electrons. The summed E-state index contributed by atoms with van der Waals surface area (Å²) in [4.78, 5) is 18.2. The Morgan fingerprint density at radius 3 is 2.45 bits per heavy atom. The van der Waals surface area contributed by atoms with Gasteiger partial charge in [-0.15, -0.1) is 0 Å². The Morgan fingerprint density at radius 1 is 1.10 bits per heavy atom. The zero-order valence-electron chi connectivity index (χ0n) is 16.5. The number of nitrogens with one attached hydrogen (secondary N) is 2. The van der Waals surface area contributed by atoms with Crippen molar-refractivity contribution in [3.63, 3.8) is 0 Å². The fourth-order valence-electron chi connectivity index (χ4n) is 3.29. The second kappa shape index (κ2) is 10.0.